The molecule has 2 bridgehead atoms. The Morgan fingerprint density at radius 1 is 0.480 bits per heavy atom. The normalized spacial score (nSPS) is 28.3. The summed E-state index contributed by atoms with van der Waals surface area (Å²) in [6, 6.07) is 33.5. The van der Waals surface area contributed by atoms with Gasteiger partial charge in [0.2, 0.25) is 23.6 Å². The third-order valence-corrected chi connectivity index (χ3v) is 11.5. The van der Waals surface area contributed by atoms with E-state index >= 15 is 0 Å². The van der Waals surface area contributed by atoms with E-state index in [9.17, 15) is 19.2 Å². The summed E-state index contributed by atoms with van der Waals surface area (Å²) >= 11 is 0. The molecule has 8 heteroatoms. The number of anilines is 2. The molecule has 0 radical (unpaired) electrons. The van der Waals surface area contributed by atoms with E-state index in [1.54, 1.807) is 48.5 Å². The Labute approximate surface area is 291 Å². The molecular formula is C42H38N2O6. The summed E-state index contributed by atoms with van der Waals surface area (Å²) in [7, 11) is 0. The van der Waals surface area contributed by atoms with Crippen LogP contribution in [0.1, 0.15) is 38.8 Å². The van der Waals surface area contributed by atoms with E-state index in [0.717, 1.165) is 22.3 Å². The molecule has 252 valence electrons. The van der Waals surface area contributed by atoms with Crippen molar-refractivity contribution in [1.29, 1.82) is 0 Å². The number of carbonyl (C=O) groups excluding carboxylic acids is 4. The van der Waals surface area contributed by atoms with Gasteiger partial charge < -0.3 is 9.47 Å². The van der Waals surface area contributed by atoms with Gasteiger partial charge in [-0.1, -0.05) is 74.5 Å². The molecule has 5 aliphatic rings. The lowest BCUT2D eigenvalue weighted by molar-refractivity contribution is -0.151. The highest BCUT2D eigenvalue weighted by Crippen LogP contribution is 2.76. The molecule has 4 aromatic carbocycles. The lowest BCUT2D eigenvalue weighted by Gasteiger charge is -2.62. The van der Waals surface area contributed by atoms with Gasteiger partial charge in [0.1, 0.15) is 11.5 Å². The number of nitrogens with zero attached hydrogens (tertiary/aromatic N) is 2. The van der Waals surface area contributed by atoms with E-state index in [0.29, 0.717) is 36.1 Å². The minimum absolute atomic E-state index is 0.364. The van der Waals surface area contributed by atoms with Gasteiger partial charge in [-0.2, -0.15) is 0 Å². The zero-order valence-electron chi connectivity index (χ0n) is 28.5. The van der Waals surface area contributed by atoms with Crippen LogP contribution in [0.3, 0.4) is 0 Å². The molecule has 0 aromatic heterocycles. The number of rotatable bonds is 8. The summed E-state index contributed by atoms with van der Waals surface area (Å²) in [5.41, 5.74) is 1.81. The van der Waals surface area contributed by atoms with Crippen LogP contribution in [0, 0.1) is 34.5 Å². The van der Waals surface area contributed by atoms with Crippen LogP contribution in [-0.2, 0) is 19.2 Å². The number of hydrogen-bond donors (Lipinski definition) is 0. The molecule has 2 heterocycles. The first-order chi connectivity index (χ1) is 24.2. The summed E-state index contributed by atoms with van der Waals surface area (Å²) in [6.07, 6.45) is 0. The van der Waals surface area contributed by atoms with E-state index in [4.69, 9.17) is 9.47 Å². The lowest BCUT2D eigenvalue weighted by Crippen LogP contribution is -2.64. The number of imide groups is 2. The van der Waals surface area contributed by atoms with Crippen molar-refractivity contribution >= 4 is 46.1 Å². The quantitative estimate of drug-likeness (QED) is 0.187. The molecular weight excluding hydrogens is 628 g/mol. The molecule has 3 fully saturated rings. The van der Waals surface area contributed by atoms with Crippen molar-refractivity contribution in [1.82, 2.24) is 0 Å². The van der Waals surface area contributed by atoms with Gasteiger partial charge in [-0.15, -0.1) is 0 Å². The highest BCUT2D eigenvalue weighted by molar-refractivity contribution is 6.30. The van der Waals surface area contributed by atoms with Crippen molar-refractivity contribution in [3.05, 3.63) is 120 Å². The van der Waals surface area contributed by atoms with Crippen LogP contribution in [0.2, 0.25) is 0 Å². The Balaban J connectivity index is 1.38. The van der Waals surface area contributed by atoms with E-state index < -0.39 is 34.5 Å². The smallest absolute Gasteiger partial charge is 0.238 e. The lowest BCUT2D eigenvalue weighted by atomic mass is 9.36. The predicted molar refractivity (Wildman–Crippen MR) is 190 cm³/mol. The monoisotopic (exact) mass is 666 g/mol. The van der Waals surface area contributed by atoms with Gasteiger partial charge in [-0.3, -0.25) is 19.2 Å². The van der Waals surface area contributed by atoms with Crippen molar-refractivity contribution in [2.75, 3.05) is 23.0 Å². The van der Waals surface area contributed by atoms with Gasteiger partial charge in [0.05, 0.1) is 48.3 Å². The minimum atomic E-state index is -1.22. The summed E-state index contributed by atoms with van der Waals surface area (Å²) in [4.78, 5) is 62.4. The van der Waals surface area contributed by atoms with Crippen LogP contribution < -0.4 is 19.3 Å². The molecule has 8 nitrogen and oxygen atoms in total. The Morgan fingerprint density at radius 3 is 1.06 bits per heavy atom. The number of amides is 4. The Kier molecular flexibility index (Phi) is 7.33. The number of allylic oxidation sites excluding steroid dienone is 2. The second-order valence-corrected chi connectivity index (χ2v) is 13.8. The van der Waals surface area contributed by atoms with E-state index in [2.05, 4.69) is 0 Å². The zero-order chi connectivity index (χ0) is 34.9. The first-order valence-corrected chi connectivity index (χ1v) is 17.2. The number of benzene rings is 4. The molecule has 0 N–H and O–H groups in total. The fraction of sp³-hybridized carbons (Fsp3) is 0.286. The Bertz CT molecular complexity index is 1860. The van der Waals surface area contributed by atoms with E-state index in [1.165, 1.54) is 9.80 Å². The molecule has 2 saturated heterocycles. The fourth-order valence-electron chi connectivity index (χ4n) is 9.65. The van der Waals surface area contributed by atoms with E-state index in [1.807, 2.05) is 88.4 Å². The van der Waals surface area contributed by atoms with Crippen LogP contribution in [0.15, 0.2) is 109 Å². The van der Waals surface area contributed by atoms with Crippen LogP contribution in [0.4, 0.5) is 11.4 Å². The van der Waals surface area contributed by atoms with Gasteiger partial charge in [-0.05, 0) is 84.7 Å². The van der Waals surface area contributed by atoms with Crippen LogP contribution in [0.5, 0.6) is 11.5 Å². The second-order valence-electron chi connectivity index (χ2n) is 13.8. The summed E-state index contributed by atoms with van der Waals surface area (Å²) in [6.45, 7) is 8.62. The maximum atomic E-state index is 15.0. The van der Waals surface area contributed by atoms with Gasteiger partial charge in [0.25, 0.3) is 0 Å². The SMILES string of the molecule is CCOc1ccc(N2C(=O)C3C(C2=O)C2(C)C(c4ccccc4)=C(c4ccccc4)C3(C)C3C(=O)N(c4ccc(OCC)cc4)C(=O)C32)cc1. The van der Waals surface area contributed by atoms with Gasteiger partial charge in [-0.25, -0.2) is 9.80 Å². The van der Waals surface area contributed by atoms with Crippen molar-refractivity contribution in [2.24, 2.45) is 34.5 Å². The maximum Gasteiger partial charge on any atom is 0.238 e. The van der Waals surface area contributed by atoms with Crippen molar-refractivity contribution in [3.8, 4) is 11.5 Å². The zero-order valence-corrected chi connectivity index (χ0v) is 28.5. The summed E-state index contributed by atoms with van der Waals surface area (Å²) in [5.74, 6) is -3.78. The first kappa shape index (κ1) is 31.7. The highest BCUT2D eigenvalue weighted by atomic mass is 16.5. The number of ether oxygens (including phenoxy) is 2. The molecule has 4 amide bonds. The van der Waals surface area contributed by atoms with Crippen LogP contribution in [0.25, 0.3) is 11.1 Å². The van der Waals surface area contributed by atoms with Gasteiger partial charge in [0, 0.05) is 10.8 Å². The number of carbonyl (C=O) groups is 4. The topological polar surface area (TPSA) is 93.2 Å². The molecule has 0 spiro atoms. The average molecular weight is 667 g/mol. The standard InChI is InChI=1S/C42H38N2O6/c1-5-49-29-21-17-27(18-22-29)43-37(45)33-34(38(43)46)42(4)32(26-15-11-8-12-16-26)31(25-13-9-7-10-14-25)41(33,3)35-36(42)40(48)44(39(35)47)28-19-23-30(24-20-28)50-6-2/h7-24,33-36H,5-6H2,1-4H3. The predicted octanol–water partition coefficient (Wildman–Crippen LogP) is 7.05. The maximum absolute atomic E-state index is 15.0. The van der Waals surface area contributed by atoms with E-state index in [-0.39, 0.29) is 23.6 Å². The molecule has 2 aliphatic heterocycles. The third-order valence-electron chi connectivity index (χ3n) is 11.5. The number of hydrogen-bond acceptors (Lipinski definition) is 6. The second kappa shape index (κ2) is 11.5. The molecule has 3 aliphatic carbocycles. The Morgan fingerprint density at radius 2 is 0.780 bits per heavy atom. The molecule has 4 aromatic rings. The van der Waals surface area contributed by atoms with Gasteiger partial charge >= 0.3 is 0 Å². The van der Waals surface area contributed by atoms with Crippen molar-refractivity contribution in [2.45, 2.75) is 27.7 Å². The van der Waals surface area contributed by atoms with Crippen LogP contribution in [-0.4, -0.2) is 36.8 Å². The first-order valence-electron chi connectivity index (χ1n) is 17.2. The third kappa shape index (κ3) is 4.17. The van der Waals surface area contributed by atoms with Gasteiger partial charge in [0.15, 0.2) is 0 Å². The van der Waals surface area contributed by atoms with Crippen molar-refractivity contribution in [3.63, 3.8) is 0 Å². The molecule has 50 heavy (non-hydrogen) atoms. The summed E-state index contributed by atoms with van der Waals surface area (Å²) in [5, 5.41) is 0. The fourth-order valence-corrected chi connectivity index (χ4v) is 9.65. The van der Waals surface area contributed by atoms with Crippen molar-refractivity contribution < 1.29 is 28.7 Å². The van der Waals surface area contributed by atoms with Crippen LogP contribution >= 0.6 is 0 Å². The molecule has 9 rings (SSSR count). The molecule has 4 atom stereocenters. The Hall–Kier alpha value is -5.50. The molecule has 4 unspecified atom stereocenters. The molecule has 1 saturated carbocycles. The average Bonchev–Trinajstić information content (AvgIpc) is 3.57. The largest absolute Gasteiger partial charge is 0.494 e. The minimum Gasteiger partial charge on any atom is -0.494 e. The highest BCUT2D eigenvalue weighted by Gasteiger charge is 2.80. The summed E-state index contributed by atoms with van der Waals surface area (Å²) < 4.78 is 11.3.